The number of carbonyl (C=O) groups is 1. The predicted octanol–water partition coefficient (Wildman–Crippen LogP) is 3.72. The third kappa shape index (κ3) is 4.40. The SMILES string of the molecule is CSC(C)(C)CNC(=O)c1cc(C(F)(F)F)ccc1F. The van der Waals surface area contributed by atoms with Gasteiger partial charge in [0.1, 0.15) is 5.82 Å². The first-order chi connectivity index (χ1) is 9.07. The normalized spacial score (nSPS) is 12.3. The minimum atomic E-state index is -4.61. The number of halogens is 4. The Morgan fingerprint density at radius 2 is 1.90 bits per heavy atom. The second-order valence-electron chi connectivity index (χ2n) is 4.84. The summed E-state index contributed by atoms with van der Waals surface area (Å²) in [6.45, 7) is 3.95. The van der Waals surface area contributed by atoms with Crippen molar-refractivity contribution < 1.29 is 22.4 Å². The molecule has 1 aromatic carbocycles. The highest BCUT2D eigenvalue weighted by molar-refractivity contribution is 7.99. The number of rotatable bonds is 4. The molecule has 0 aromatic heterocycles. The smallest absolute Gasteiger partial charge is 0.351 e. The molecule has 112 valence electrons. The summed E-state index contributed by atoms with van der Waals surface area (Å²) in [6.07, 6.45) is -2.77. The Morgan fingerprint density at radius 1 is 1.30 bits per heavy atom. The Kier molecular flexibility index (Phi) is 5.07. The van der Waals surface area contributed by atoms with Crippen LogP contribution < -0.4 is 5.32 Å². The first kappa shape index (κ1) is 16.8. The summed E-state index contributed by atoms with van der Waals surface area (Å²) in [4.78, 5) is 11.8. The van der Waals surface area contributed by atoms with E-state index >= 15 is 0 Å². The second-order valence-corrected chi connectivity index (χ2v) is 6.35. The van der Waals surface area contributed by atoms with Gasteiger partial charge in [0.05, 0.1) is 11.1 Å². The summed E-state index contributed by atoms with van der Waals surface area (Å²) in [5, 5.41) is 2.44. The molecule has 1 amide bonds. The van der Waals surface area contributed by atoms with E-state index in [2.05, 4.69) is 5.32 Å². The van der Waals surface area contributed by atoms with Crippen LogP contribution in [-0.4, -0.2) is 23.5 Å². The fourth-order valence-corrected chi connectivity index (χ4v) is 1.55. The fourth-order valence-electron chi connectivity index (χ4n) is 1.34. The molecular formula is C13H15F4NOS. The van der Waals surface area contributed by atoms with E-state index in [1.54, 1.807) is 0 Å². The van der Waals surface area contributed by atoms with E-state index in [0.29, 0.717) is 18.2 Å². The maximum absolute atomic E-state index is 13.5. The van der Waals surface area contributed by atoms with E-state index < -0.39 is 29.0 Å². The van der Waals surface area contributed by atoms with Gasteiger partial charge in [0.2, 0.25) is 0 Å². The molecule has 0 saturated carbocycles. The Balaban J connectivity index is 2.93. The van der Waals surface area contributed by atoms with Crippen LogP contribution in [-0.2, 0) is 6.18 Å². The summed E-state index contributed by atoms with van der Waals surface area (Å²) in [6, 6.07) is 1.78. The Hall–Kier alpha value is -1.24. The van der Waals surface area contributed by atoms with Gasteiger partial charge in [0.25, 0.3) is 5.91 Å². The zero-order chi connectivity index (χ0) is 15.6. The number of nitrogens with one attached hydrogen (secondary N) is 1. The van der Waals surface area contributed by atoms with Crippen LogP contribution in [0.5, 0.6) is 0 Å². The van der Waals surface area contributed by atoms with E-state index in [0.717, 1.165) is 0 Å². The molecule has 20 heavy (non-hydrogen) atoms. The first-order valence-electron chi connectivity index (χ1n) is 5.77. The number of hydrogen-bond acceptors (Lipinski definition) is 2. The average molecular weight is 309 g/mol. The first-order valence-corrected chi connectivity index (χ1v) is 6.99. The van der Waals surface area contributed by atoms with Crippen LogP contribution in [0.4, 0.5) is 17.6 Å². The molecule has 0 atom stereocenters. The molecule has 1 aromatic rings. The van der Waals surface area contributed by atoms with Crippen molar-refractivity contribution in [3.63, 3.8) is 0 Å². The topological polar surface area (TPSA) is 29.1 Å². The largest absolute Gasteiger partial charge is 0.416 e. The molecule has 0 aliphatic rings. The van der Waals surface area contributed by atoms with Crippen molar-refractivity contribution in [3.8, 4) is 0 Å². The van der Waals surface area contributed by atoms with Gasteiger partial charge in [-0.2, -0.15) is 24.9 Å². The van der Waals surface area contributed by atoms with E-state index in [-0.39, 0.29) is 11.3 Å². The van der Waals surface area contributed by atoms with Crippen LogP contribution in [0.3, 0.4) is 0 Å². The molecule has 0 radical (unpaired) electrons. The maximum Gasteiger partial charge on any atom is 0.416 e. The summed E-state index contributed by atoms with van der Waals surface area (Å²) >= 11 is 1.49. The van der Waals surface area contributed by atoms with Crippen molar-refractivity contribution in [1.82, 2.24) is 5.32 Å². The van der Waals surface area contributed by atoms with Crippen LogP contribution in [0.15, 0.2) is 18.2 Å². The molecule has 0 fully saturated rings. The number of benzene rings is 1. The molecule has 2 nitrogen and oxygen atoms in total. The molecule has 0 aliphatic heterocycles. The van der Waals surface area contributed by atoms with Crippen LogP contribution in [0.25, 0.3) is 0 Å². The highest BCUT2D eigenvalue weighted by atomic mass is 32.2. The predicted molar refractivity (Wildman–Crippen MR) is 71.3 cm³/mol. The van der Waals surface area contributed by atoms with E-state index in [4.69, 9.17) is 0 Å². The summed E-state index contributed by atoms with van der Waals surface area (Å²) < 4.78 is 50.8. The number of hydrogen-bond donors (Lipinski definition) is 1. The van der Waals surface area contributed by atoms with Gasteiger partial charge in [-0.3, -0.25) is 4.79 Å². The van der Waals surface area contributed by atoms with Gasteiger partial charge in [0.15, 0.2) is 0 Å². The molecular weight excluding hydrogens is 294 g/mol. The lowest BCUT2D eigenvalue weighted by molar-refractivity contribution is -0.137. The molecule has 7 heteroatoms. The van der Waals surface area contributed by atoms with Crippen molar-refractivity contribution in [1.29, 1.82) is 0 Å². The van der Waals surface area contributed by atoms with Gasteiger partial charge in [-0.05, 0) is 38.3 Å². The molecule has 1 rings (SSSR count). The third-order valence-corrected chi connectivity index (χ3v) is 4.02. The van der Waals surface area contributed by atoms with Crippen molar-refractivity contribution in [2.75, 3.05) is 12.8 Å². The van der Waals surface area contributed by atoms with Crippen molar-refractivity contribution in [2.24, 2.45) is 0 Å². The van der Waals surface area contributed by atoms with E-state index in [1.807, 2.05) is 20.1 Å². The minimum absolute atomic E-state index is 0.225. The van der Waals surface area contributed by atoms with Gasteiger partial charge >= 0.3 is 6.18 Å². The standard InChI is InChI=1S/C13H15F4NOS/c1-12(2,20-3)7-18-11(19)9-6-8(13(15,16)17)4-5-10(9)14/h4-6H,7H2,1-3H3,(H,18,19). The van der Waals surface area contributed by atoms with Crippen LogP contribution in [0, 0.1) is 5.82 Å². The molecule has 0 saturated heterocycles. The number of amides is 1. The van der Waals surface area contributed by atoms with Gasteiger partial charge < -0.3 is 5.32 Å². The summed E-state index contributed by atoms with van der Waals surface area (Å²) in [7, 11) is 0. The number of thioether (sulfide) groups is 1. The van der Waals surface area contributed by atoms with Gasteiger partial charge in [-0.15, -0.1) is 0 Å². The molecule has 1 N–H and O–H groups in total. The zero-order valence-corrected chi connectivity index (χ0v) is 12.1. The highest BCUT2D eigenvalue weighted by Crippen LogP contribution is 2.30. The number of alkyl halides is 3. The summed E-state index contributed by atoms with van der Waals surface area (Å²) in [5.74, 6) is -1.83. The third-order valence-electron chi connectivity index (χ3n) is 2.77. The van der Waals surface area contributed by atoms with Gasteiger partial charge in [-0.1, -0.05) is 0 Å². The Labute approximate surface area is 118 Å². The Morgan fingerprint density at radius 3 is 2.40 bits per heavy atom. The Bertz CT molecular complexity index is 500. The molecule has 0 unspecified atom stereocenters. The van der Waals surface area contributed by atoms with Crippen molar-refractivity contribution >= 4 is 17.7 Å². The zero-order valence-electron chi connectivity index (χ0n) is 11.3. The molecule has 0 spiro atoms. The lowest BCUT2D eigenvalue weighted by atomic mass is 10.1. The number of carbonyl (C=O) groups excluding carboxylic acids is 1. The second kappa shape index (κ2) is 6.03. The fraction of sp³-hybridized carbons (Fsp3) is 0.462. The van der Waals surface area contributed by atoms with E-state index in [1.165, 1.54) is 11.8 Å². The van der Waals surface area contributed by atoms with Gasteiger partial charge in [-0.25, -0.2) is 4.39 Å². The van der Waals surface area contributed by atoms with Crippen molar-refractivity contribution in [2.45, 2.75) is 24.8 Å². The lowest BCUT2D eigenvalue weighted by Gasteiger charge is -2.22. The maximum atomic E-state index is 13.5. The molecule has 0 heterocycles. The van der Waals surface area contributed by atoms with Crippen LogP contribution in [0.2, 0.25) is 0 Å². The quantitative estimate of drug-likeness (QED) is 0.859. The van der Waals surface area contributed by atoms with Crippen molar-refractivity contribution in [3.05, 3.63) is 35.1 Å². The molecule has 0 aliphatic carbocycles. The monoisotopic (exact) mass is 309 g/mol. The van der Waals surface area contributed by atoms with Crippen LogP contribution in [0.1, 0.15) is 29.8 Å². The molecule has 0 bridgehead atoms. The highest BCUT2D eigenvalue weighted by Gasteiger charge is 2.32. The van der Waals surface area contributed by atoms with Crippen LogP contribution >= 0.6 is 11.8 Å². The average Bonchev–Trinajstić information content (AvgIpc) is 2.35. The lowest BCUT2D eigenvalue weighted by Crippen LogP contribution is -2.36. The minimum Gasteiger partial charge on any atom is -0.351 e. The van der Waals surface area contributed by atoms with E-state index in [9.17, 15) is 22.4 Å². The summed E-state index contributed by atoms with van der Waals surface area (Å²) in [5.41, 5.74) is -1.65. The van der Waals surface area contributed by atoms with Gasteiger partial charge in [0, 0.05) is 11.3 Å².